The van der Waals surface area contributed by atoms with Crippen LogP contribution >= 0.6 is 0 Å². The Bertz CT molecular complexity index is 436. The molecule has 1 heteroatoms. The maximum atomic E-state index is 10.3. The summed E-state index contributed by atoms with van der Waals surface area (Å²) in [5, 5.41) is 10.3. The summed E-state index contributed by atoms with van der Waals surface area (Å²) >= 11 is 0. The third-order valence-electron chi connectivity index (χ3n) is 3.11. The van der Waals surface area contributed by atoms with Crippen LogP contribution in [0.15, 0.2) is 73.3 Å². The third kappa shape index (κ3) is 2.88. The van der Waals surface area contributed by atoms with E-state index in [0.29, 0.717) is 6.42 Å². The van der Waals surface area contributed by atoms with Crippen LogP contribution in [0.5, 0.6) is 0 Å². The van der Waals surface area contributed by atoms with Crippen molar-refractivity contribution in [3.8, 4) is 0 Å². The molecule has 0 aromatic heterocycles. The van der Waals surface area contributed by atoms with E-state index in [1.165, 1.54) is 0 Å². The zero-order chi connectivity index (χ0) is 12.8. The lowest BCUT2D eigenvalue weighted by atomic mass is 9.85. The summed E-state index contributed by atoms with van der Waals surface area (Å²) in [6.45, 7) is 3.71. The van der Waals surface area contributed by atoms with E-state index in [9.17, 15) is 5.11 Å². The molecule has 1 atom stereocenters. The first-order valence-electron chi connectivity index (χ1n) is 6.21. The lowest BCUT2D eigenvalue weighted by Crippen LogP contribution is -2.19. The fourth-order valence-electron chi connectivity index (χ4n) is 2.26. The van der Waals surface area contributed by atoms with Gasteiger partial charge in [-0.3, -0.25) is 0 Å². The summed E-state index contributed by atoms with van der Waals surface area (Å²) in [5.74, 6) is 0.00500. The van der Waals surface area contributed by atoms with Gasteiger partial charge in [-0.15, -0.1) is 6.58 Å². The number of aliphatic hydroxyl groups excluding tert-OH is 1. The molecule has 0 heterocycles. The second-order valence-corrected chi connectivity index (χ2v) is 4.39. The molecular weight excluding hydrogens is 220 g/mol. The molecule has 0 spiro atoms. The van der Waals surface area contributed by atoms with Crippen molar-refractivity contribution in [3.63, 3.8) is 0 Å². The van der Waals surface area contributed by atoms with Crippen LogP contribution in [0, 0.1) is 0 Å². The van der Waals surface area contributed by atoms with Crippen molar-refractivity contribution in [2.45, 2.75) is 18.4 Å². The van der Waals surface area contributed by atoms with E-state index in [1.807, 2.05) is 36.4 Å². The minimum absolute atomic E-state index is 0.00500. The number of rotatable bonds is 5. The fourth-order valence-corrected chi connectivity index (χ4v) is 2.26. The van der Waals surface area contributed by atoms with Gasteiger partial charge < -0.3 is 5.11 Å². The molecule has 2 aromatic carbocycles. The largest absolute Gasteiger partial charge is 0.392 e. The molecule has 0 aliphatic carbocycles. The summed E-state index contributed by atoms with van der Waals surface area (Å²) < 4.78 is 0. The van der Waals surface area contributed by atoms with Crippen LogP contribution in [-0.4, -0.2) is 11.2 Å². The number of benzene rings is 2. The highest BCUT2D eigenvalue weighted by molar-refractivity contribution is 5.33. The quantitative estimate of drug-likeness (QED) is 0.786. The van der Waals surface area contributed by atoms with Crippen molar-refractivity contribution in [3.05, 3.63) is 84.4 Å². The molecule has 2 rings (SSSR count). The lowest BCUT2D eigenvalue weighted by molar-refractivity contribution is 0.160. The number of hydrogen-bond acceptors (Lipinski definition) is 1. The van der Waals surface area contributed by atoms with Crippen LogP contribution in [0.2, 0.25) is 0 Å². The van der Waals surface area contributed by atoms with Gasteiger partial charge in [0.1, 0.15) is 0 Å². The molecule has 0 saturated carbocycles. The van der Waals surface area contributed by atoms with Gasteiger partial charge in [-0.05, 0) is 17.5 Å². The molecule has 0 saturated heterocycles. The second kappa shape index (κ2) is 6.18. The molecule has 1 nitrogen and oxygen atoms in total. The van der Waals surface area contributed by atoms with E-state index >= 15 is 0 Å². The Kier molecular flexibility index (Phi) is 4.32. The van der Waals surface area contributed by atoms with Gasteiger partial charge in [0.25, 0.3) is 0 Å². The Labute approximate surface area is 108 Å². The predicted molar refractivity (Wildman–Crippen MR) is 75.5 cm³/mol. The summed E-state index contributed by atoms with van der Waals surface area (Å²) in [6.07, 6.45) is 1.92. The summed E-state index contributed by atoms with van der Waals surface area (Å²) in [7, 11) is 0. The predicted octanol–water partition coefficient (Wildman–Crippen LogP) is 3.76. The van der Waals surface area contributed by atoms with Crippen LogP contribution in [0.25, 0.3) is 0 Å². The molecule has 0 fully saturated rings. The Morgan fingerprint density at radius 2 is 1.33 bits per heavy atom. The van der Waals surface area contributed by atoms with Crippen molar-refractivity contribution in [1.82, 2.24) is 0 Å². The lowest BCUT2D eigenvalue weighted by Gasteiger charge is -2.23. The molecule has 92 valence electrons. The number of aliphatic hydroxyl groups is 1. The molecule has 0 amide bonds. The first-order chi connectivity index (χ1) is 8.83. The SMILES string of the molecule is C=CC[C@@H](O)C(c1ccccc1)c1ccccc1. The third-order valence-corrected chi connectivity index (χ3v) is 3.11. The van der Waals surface area contributed by atoms with E-state index in [1.54, 1.807) is 6.08 Å². The van der Waals surface area contributed by atoms with Gasteiger partial charge in [0, 0.05) is 5.92 Å². The molecule has 0 bridgehead atoms. The van der Waals surface area contributed by atoms with E-state index in [2.05, 4.69) is 30.8 Å². The van der Waals surface area contributed by atoms with Gasteiger partial charge >= 0.3 is 0 Å². The normalized spacial score (nSPS) is 12.3. The zero-order valence-corrected chi connectivity index (χ0v) is 10.4. The number of hydrogen-bond donors (Lipinski definition) is 1. The first-order valence-corrected chi connectivity index (χ1v) is 6.21. The Morgan fingerprint density at radius 1 is 0.889 bits per heavy atom. The maximum Gasteiger partial charge on any atom is 0.0683 e. The van der Waals surface area contributed by atoms with Crippen LogP contribution < -0.4 is 0 Å². The van der Waals surface area contributed by atoms with Gasteiger partial charge in [0.15, 0.2) is 0 Å². The van der Waals surface area contributed by atoms with E-state index in [0.717, 1.165) is 11.1 Å². The van der Waals surface area contributed by atoms with Gasteiger partial charge in [-0.25, -0.2) is 0 Å². The first kappa shape index (κ1) is 12.6. The molecule has 0 radical (unpaired) electrons. The Hall–Kier alpha value is -1.86. The van der Waals surface area contributed by atoms with Crippen molar-refractivity contribution in [2.24, 2.45) is 0 Å². The monoisotopic (exact) mass is 238 g/mol. The average Bonchev–Trinajstić information content (AvgIpc) is 2.42. The standard InChI is InChI=1S/C17H18O/c1-2-9-16(18)17(14-10-5-3-6-11-14)15-12-7-4-8-13-15/h2-8,10-13,16-18H,1,9H2/t16-/m1/s1. The van der Waals surface area contributed by atoms with Crippen molar-refractivity contribution in [1.29, 1.82) is 0 Å². The molecule has 0 aliphatic rings. The van der Waals surface area contributed by atoms with Crippen molar-refractivity contribution < 1.29 is 5.11 Å². The topological polar surface area (TPSA) is 20.2 Å². The van der Waals surface area contributed by atoms with Crippen LogP contribution in [0.4, 0.5) is 0 Å². The van der Waals surface area contributed by atoms with Crippen LogP contribution in [0.1, 0.15) is 23.5 Å². The van der Waals surface area contributed by atoms with Gasteiger partial charge in [0.2, 0.25) is 0 Å². The summed E-state index contributed by atoms with van der Waals surface area (Å²) in [4.78, 5) is 0. The molecule has 2 aromatic rings. The van der Waals surface area contributed by atoms with E-state index < -0.39 is 6.10 Å². The van der Waals surface area contributed by atoms with Crippen LogP contribution in [0.3, 0.4) is 0 Å². The second-order valence-electron chi connectivity index (χ2n) is 4.39. The minimum atomic E-state index is -0.438. The Balaban J connectivity index is 2.38. The highest BCUT2D eigenvalue weighted by Crippen LogP contribution is 2.29. The summed E-state index contributed by atoms with van der Waals surface area (Å²) in [5.41, 5.74) is 2.27. The molecule has 0 aliphatic heterocycles. The van der Waals surface area contributed by atoms with Gasteiger partial charge in [-0.1, -0.05) is 66.7 Å². The highest BCUT2D eigenvalue weighted by Gasteiger charge is 2.21. The van der Waals surface area contributed by atoms with E-state index in [-0.39, 0.29) is 5.92 Å². The maximum absolute atomic E-state index is 10.3. The molecule has 0 unspecified atom stereocenters. The van der Waals surface area contributed by atoms with E-state index in [4.69, 9.17) is 0 Å². The average molecular weight is 238 g/mol. The Morgan fingerprint density at radius 3 is 1.72 bits per heavy atom. The van der Waals surface area contributed by atoms with Gasteiger partial charge in [0.05, 0.1) is 6.10 Å². The molecule has 1 N–H and O–H groups in total. The smallest absolute Gasteiger partial charge is 0.0683 e. The zero-order valence-electron chi connectivity index (χ0n) is 10.4. The minimum Gasteiger partial charge on any atom is -0.392 e. The van der Waals surface area contributed by atoms with Crippen molar-refractivity contribution in [2.75, 3.05) is 0 Å². The van der Waals surface area contributed by atoms with Gasteiger partial charge in [-0.2, -0.15) is 0 Å². The van der Waals surface area contributed by atoms with Crippen molar-refractivity contribution >= 4 is 0 Å². The fraction of sp³-hybridized carbons (Fsp3) is 0.176. The molecule has 18 heavy (non-hydrogen) atoms. The summed E-state index contributed by atoms with van der Waals surface area (Å²) in [6, 6.07) is 20.2. The van der Waals surface area contributed by atoms with Crippen LogP contribution in [-0.2, 0) is 0 Å². The highest BCUT2D eigenvalue weighted by atomic mass is 16.3. The molecular formula is C17H18O.